The third-order valence-electron chi connectivity index (χ3n) is 6.59. The lowest BCUT2D eigenvalue weighted by atomic mass is 9.96. The minimum atomic E-state index is -0.170. The van der Waals surface area contributed by atoms with E-state index in [9.17, 15) is 9.59 Å². The molecule has 1 N–H and O–H groups in total. The van der Waals surface area contributed by atoms with Gasteiger partial charge in [0.25, 0.3) is 5.91 Å². The first-order valence-corrected chi connectivity index (χ1v) is 12.0. The molecule has 176 valence electrons. The van der Waals surface area contributed by atoms with Gasteiger partial charge in [-0.2, -0.15) is 5.10 Å². The van der Waals surface area contributed by atoms with E-state index in [1.807, 2.05) is 41.3 Å². The lowest BCUT2D eigenvalue weighted by molar-refractivity contribution is -0.137. The molecule has 8 nitrogen and oxygen atoms in total. The van der Waals surface area contributed by atoms with Gasteiger partial charge >= 0.3 is 0 Å². The molecule has 0 saturated carbocycles. The third kappa shape index (κ3) is 4.77. The van der Waals surface area contributed by atoms with Crippen LogP contribution in [0.3, 0.4) is 0 Å². The Balaban J connectivity index is 1.19. The topological polar surface area (TPSA) is 85.4 Å². The fraction of sp³-hybridized carbons (Fsp3) is 0.360. The van der Waals surface area contributed by atoms with Gasteiger partial charge < -0.3 is 14.7 Å². The highest BCUT2D eigenvalue weighted by Crippen LogP contribution is 2.24. The van der Waals surface area contributed by atoms with Gasteiger partial charge in [0.2, 0.25) is 5.91 Å². The van der Waals surface area contributed by atoms with E-state index < -0.39 is 0 Å². The maximum absolute atomic E-state index is 13.3. The van der Waals surface area contributed by atoms with Gasteiger partial charge in [-0.3, -0.25) is 19.7 Å². The summed E-state index contributed by atoms with van der Waals surface area (Å²) in [6.07, 6.45) is 5.03. The fourth-order valence-electron chi connectivity index (χ4n) is 4.74. The van der Waals surface area contributed by atoms with Crippen LogP contribution in [0.25, 0.3) is 11.3 Å². The summed E-state index contributed by atoms with van der Waals surface area (Å²) in [5, 5.41) is 7.84. The van der Waals surface area contributed by atoms with E-state index in [1.165, 1.54) is 0 Å². The van der Waals surface area contributed by atoms with Crippen molar-refractivity contribution < 1.29 is 9.59 Å². The van der Waals surface area contributed by atoms with Crippen molar-refractivity contribution in [3.63, 3.8) is 0 Å². The molecule has 2 aliphatic heterocycles. The lowest BCUT2D eigenvalue weighted by Crippen LogP contribution is -2.53. The molecule has 5 rings (SSSR count). The van der Waals surface area contributed by atoms with E-state index in [1.54, 1.807) is 23.4 Å². The predicted molar refractivity (Wildman–Crippen MR) is 131 cm³/mol. The fourth-order valence-corrected chi connectivity index (χ4v) is 4.93. The minimum absolute atomic E-state index is 0.120. The molecule has 1 atom stereocenters. The molecule has 1 aromatic carbocycles. The smallest absolute Gasteiger partial charge is 0.271 e. The zero-order valence-corrected chi connectivity index (χ0v) is 19.6. The number of rotatable bonds is 4. The van der Waals surface area contributed by atoms with Crippen LogP contribution in [0, 0.1) is 5.92 Å². The van der Waals surface area contributed by atoms with E-state index in [2.05, 4.69) is 20.1 Å². The molecule has 2 saturated heterocycles. The van der Waals surface area contributed by atoms with Crippen molar-refractivity contribution in [2.45, 2.75) is 12.8 Å². The molecule has 3 aromatic rings. The number of piperazine rings is 1. The number of H-pyrrole nitrogens is 1. The van der Waals surface area contributed by atoms with Crippen molar-refractivity contribution >= 4 is 29.1 Å². The van der Waals surface area contributed by atoms with Crippen LogP contribution in [0.5, 0.6) is 0 Å². The number of carbonyl (C=O) groups excluding carboxylic acids is 2. The summed E-state index contributed by atoms with van der Waals surface area (Å²) in [6.45, 7) is 3.97. The molecule has 0 radical (unpaired) electrons. The number of benzene rings is 1. The molecule has 2 amide bonds. The number of amides is 2. The molecular formula is C25H27ClN6O2. The van der Waals surface area contributed by atoms with Gasteiger partial charge in [0.05, 0.1) is 11.6 Å². The van der Waals surface area contributed by atoms with Gasteiger partial charge in [0, 0.05) is 67.9 Å². The molecule has 34 heavy (non-hydrogen) atoms. The lowest BCUT2D eigenvalue weighted by Gasteiger charge is -2.39. The van der Waals surface area contributed by atoms with Gasteiger partial charge in [-0.1, -0.05) is 17.7 Å². The first-order chi connectivity index (χ1) is 16.6. The minimum Gasteiger partial charge on any atom is -0.368 e. The van der Waals surface area contributed by atoms with Crippen LogP contribution in [0.2, 0.25) is 5.02 Å². The van der Waals surface area contributed by atoms with Crippen LogP contribution in [0.15, 0.2) is 54.9 Å². The maximum atomic E-state index is 13.3. The summed E-state index contributed by atoms with van der Waals surface area (Å²) in [6, 6.07) is 13.3. The number of carbonyl (C=O) groups is 2. The largest absolute Gasteiger partial charge is 0.368 e. The summed E-state index contributed by atoms with van der Waals surface area (Å²) >= 11 is 6.13. The monoisotopic (exact) mass is 478 g/mol. The zero-order chi connectivity index (χ0) is 23.5. The van der Waals surface area contributed by atoms with Gasteiger partial charge in [-0.15, -0.1) is 0 Å². The van der Waals surface area contributed by atoms with Crippen LogP contribution in [-0.2, 0) is 4.79 Å². The molecule has 9 heteroatoms. The Hall–Kier alpha value is -3.39. The number of hydrogen-bond acceptors (Lipinski definition) is 5. The number of anilines is 1. The van der Waals surface area contributed by atoms with Crippen molar-refractivity contribution in [2.24, 2.45) is 5.92 Å². The zero-order valence-electron chi connectivity index (χ0n) is 18.9. The number of aromatic nitrogens is 3. The van der Waals surface area contributed by atoms with Gasteiger partial charge in [0.1, 0.15) is 5.69 Å². The van der Waals surface area contributed by atoms with Gasteiger partial charge in [0.15, 0.2) is 0 Å². The summed E-state index contributed by atoms with van der Waals surface area (Å²) in [4.78, 5) is 36.5. The summed E-state index contributed by atoms with van der Waals surface area (Å²) in [5.74, 6) is -0.147. The Morgan fingerprint density at radius 3 is 2.62 bits per heavy atom. The summed E-state index contributed by atoms with van der Waals surface area (Å²) in [5.41, 5.74) is 3.04. The van der Waals surface area contributed by atoms with E-state index in [-0.39, 0.29) is 17.7 Å². The van der Waals surface area contributed by atoms with Crippen LogP contribution < -0.4 is 4.90 Å². The Kier molecular flexibility index (Phi) is 6.49. The maximum Gasteiger partial charge on any atom is 0.271 e. The number of pyridine rings is 1. The Morgan fingerprint density at radius 2 is 1.85 bits per heavy atom. The Bertz CT molecular complexity index is 1160. The quantitative estimate of drug-likeness (QED) is 0.621. The first kappa shape index (κ1) is 22.4. The van der Waals surface area contributed by atoms with E-state index in [0.717, 1.165) is 37.2 Å². The SMILES string of the molecule is O=C(c1cc(-c2cccnc2)n[nH]1)N1CCC[C@@H](C(=O)N2CCN(c3cccc(Cl)c3)CC2)C1. The van der Waals surface area contributed by atoms with Gasteiger partial charge in [-0.05, 0) is 49.2 Å². The number of nitrogens with zero attached hydrogens (tertiary/aromatic N) is 5. The molecule has 0 unspecified atom stereocenters. The molecule has 0 aliphatic carbocycles. The normalized spacial score (nSPS) is 18.7. The van der Waals surface area contributed by atoms with Gasteiger partial charge in [-0.25, -0.2) is 0 Å². The highest BCUT2D eigenvalue weighted by atomic mass is 35.5. The number of aromatic amines is 1. The number of nitrogens with one attached hydrogen (secondary N) is 1. The van der Waals surface area contributed by atoms with Crippen molar-refractivity contribution in [3.8, 4) is 11.3 Å². The average molecular weight is 479 g/mol. The predicted octanol–water partition coefficient (Wildman–Crippen LogP) is 3.33. The van der Waals surface area contributed by atoms with Crippen LogP contribution in [0.1, 0.15) is 23.3 Å². The second kappa shape index (κ2) is 9.85. The Labute approximate surface area is 203 Å². The van der Waals surface area contributed by atoms with Crippen LogP contribution in [-0.4, -0.2) is 76.1 Å². The molecule has 0 spiro atoms. The van der Waals surface area contributed by atoms with E-state index in [4.69, 9.17) is 11.6 Å². The van der Waals surface area contributed by atoms with E-state index >= 15 is 0 Å². The van der Waals surface area contributed by atoms with Crippen LogP contribution >= 0.6 is 11.6 Å². The highest BCUT2D eigenvalue weighted by Gasteiger charge is 2.33. The number of likely N-dealkylation sites (tertiary alicyclic amines) is 1. The first-order valence-electron chi connectivity index (χ1n) is 11.6. The third-order valence-corrected chi connectivity index (χ3v) is 6.82. The van der Waals surface area contributed by atoms with Crippen molar-refractivity contribution in [3.05, 3.63) is 65.6 Å². The van der Waals surface area contributed by atoms with E-state index in [0.29, 0.717) is 42.6 Å². The second-order valence-corrected chi connectivity index (χ2v) is 9.23. The average Bonchev–Trinajstić information content (AvgIpc) is 3.39. The van der Waals surface area contributed by atoms with Crippen LogP contribution in [0.4, 0.5) is 5.69 Å². The molecule has 0 bridgehead atoms. The molecule has 4 heterocycles. The standard InChI is InChI=1S/C25H27ClN6O2/c26-20-6-1-7-21(14-20)30-10-12-31(13-11-30)24(33)19-5-3-9-32(17-19)25(34)23-15-22(28-29-23)18-4-2-8-27-16-18/h1-2,4,6-8,14-16,19H,3,5,9-13,17H2,(H,28,29)/t19-/m1/s1. The van der Waals surface area contributed by atoms with Crippen molar-refractivity contribution in [2.75, 3.05) is 44.2 Å². The number of hydrogen-bond donors (Lipinski definition) is 1. The van der Waals surface area contributed by atoms with Crippen molar-refractivity contribution in [1.29, 1.82) is 0 Å². The number of piperidine rings is 1. The second-order valence-electron chi connectivity index (χ2n) is 8.79. The molecule has 2 fully saturated rings. The highest BCUT2D eigenvalue weighted by molar-refractivity contribution is 6.30. The summed E-state index contributed by atoms with van der Waals surface area (Å²) < 4.78 is 0. The Morgan fingerprint density at radius 1 is 1.00 bits per heavy atom. The summed E-state index contributed by atoms with van der Waals surface area (Å²) in [7, 11) is 0. The number of halogens is 1. The molecule has 2 aromatic heterocycles. The molecule has 2 aliphatic rings. The molecular weight excluding hydrogens is 452 g/mol. The van der Waals surface area contributed by atoms with Crippen molar-refractivity contribution in [1.82, 2.24) is 25.0 Å².